The Kier molecular flexibility index (Phi) is 14.7. The molecule has 0 aliphatic carbocycles. The van der Waals surface area contributed by atoms with Gasteiger partial charge >= 0.3 is 0 Å². The summed E-state index contributed by atoms with van der Waals surface area (Å²) in [6.07, 6.45) is 0.187. The molecular weight excluding hydrogens is 204 g/mol. The number of aliphatic hydroxyl groups excluding tert-OH is 1. The SMILES string of the molecule is CC(C)CNCO.COC(C)NCC(C)C. The van der Waals surface area contributed by atoms with E-state index in [0.29, 0.717) is 11.8 Å². The predicted octanol–water partition coefficient (Wildman–Crippen LogP) is 1.41. The molecule has 0 aliphatic heterocycles. The zero-order chi connectivity index (χ0) is 13.0. The molecule has 1 unspecified atom stereocenters. The van der Waals surface area contributed by atoms with Gasteiger partial charge in [-0.1, -0.05) is 27.7 Å². The zero-order valence-electron chi connectivity index (χ0n) is 11.7. The smallest absolute Gasteiger partial charge is 0.104 e. The van der Waals surface area contributed by atoms with Gasteiger partial charge in [-0.25, -0.2) is 0 Å². The molecule has 0 amide bonds. The first-order valence-electron chi connectivity index (χ1n) is 6.01. The van der Waals surface area contributed by atoms with Crippen molar-refractivity contribution >= 4 is 0 Å². The van der Waals surface area contributed by atoms with E-state index < -0.39 is 0 Å². The van der Waals surface area contributed by atoms with Gasteiger partial charge in [0.2, 0.25) is 0 Å². The minimum Gasteiger partial charge on any atom is -0.381 e. The molecule has 1 atom stereocenters. The number of ether oxygens (including phenoxy) is 1. The van der Waals surface area contributed by atoms with Crippen molar-refractivity contribution in [1.29, 1.82) is 0 Å². The van der Waals surface area contributed by atoms with Gasteiger partial charge in [-0.3, -0.25) is 10.6 Å². The highest BCUT2D eigenvalue weighted by atomic mass is 16.5. The summed E-state index contributed by atoms with van der Waals surface area (Å²) in [5.74, 6) is 1.33. The third kappa shape index (κ3) is 19.4. The van der Waals surface area contributed by atoms with Crippen molar-refractivity contribution in [2.24, 2.45) is 11.8 Å². The Morgan fingerprint density at radius 3 is 1.75 bits per heavy atom. The summed E-state index contributed by atoms with van der Waals surface area (Å²) in [5, 5.41) is 14.2. The van der Waals surface area contributed by atoms with Crippen molar-refractivity contribution in [3.63, 3.8) is 0 Å². The normalized spacial score (nSPS) is 12.6. The summed E-state index contributed by atoms with van der Waals surface area (Å²) in [7, 11) is 1.71. The molecule has 0 aromatic carbocycles. The van der Waals surface area contributed by atoms with Crippen LogP contribution in [0.15, 0.2) is 0 Å². The maximum absolute atomic E-state index is 8.20. The van der Waals surface area contributed by atoms with E-state index in [2.05, 4.69) is 38.3 Å². The topological polar surface area (TPSA) is 53.5 Å². The van der Waals surface area contributed by atoms with Crippen LogP contribution in [0.25, 0.3) is 0 Å². The Balaban J connectivity index is 0. The fourth-order valence-electron chi connectivity index (χ4n) is 0.838. The molecule has 4 nitrogen and oxygen atoms in total. The molecule has 0 saturated heterocycles. The fourth-order valence-corrected chi connectivity index (χ4v) is 0.838. The second kappa shape index (κ2) is 12.9. The molecular formula is C12H30N2O2. The monoisotopic (exact) mass is 234 g/mol. The maximum atomic E-state index is 8.20. The first-order valence-corrected chi connectivity index (χ1v) is 6.01. The van der Waals surface area contributed by atoms with Crippen LogP contribution < -0.4 is 10.6 Å². The lowest BCUT2D eigenvalue weighted by atomic mass is 10.2. The maximum Gasteiger partial charge on any atom is 0.104 e. The Hall–Kier alpha value is -0.160. The van der Waals surface area contributed by atoms with Crippen LogP contribution in [0.5, 0.6) is 0 Å². The average molecular weight is 234 g/mol. The summed E-state index contributed by atoms with van der Waals surface area (Å²) >= 11 is 0. The number of rotatable bonds is 7. The molecule has 0 bridgehead atoms. The summed E-state index contributed by atoms with van der Waals surface area (Å²) in [6, 6.07) is 0. The van der Waals surface area contributed by atoms with Gasteiger partial charge in [-0.05, 0) is 31.8 Å². The molecule has 0 heterocycles. The van der Waals surface area contributed by atoms with Crippen molar-refractivity contribution in [2.45, 2.75) is 40.8 Å². The lowest BCUT2D eigenvalue weighted by molar-refractivity contribution is 0.0867. The van der Waals surface area contributed by atoms with Crippen LogP contribution in [0.4, 0.5) is 0 Å². The summed E-state index contributed by atoms with van der Waals surface area (Å²) < 4.78 is 4.99. The van der Waals surface area contributed by atoms with Gasteiger partial charge in [-0.2, -0.15) is 0 Å². The van der Waals surface area contributed by atoms with E-state index in [1.165, 1.54) is 0 Å². The van der Waals surface area contributed by atoms with Gasteiger partial charge in [0.25, 0.3) is 0 Å². The zero-order valence-corrected chi connectivity index (χ0v) is 11.7. The number of hydrogen-bond acceptors (Lipinski definition) is 4. The minimum atomic E-state index is 0.0954. The van der Waals surface area contributed by atoms with E-state index in [4.69, 9.17) is 9.84 Å². The number of nitrogens with one attached hydrogen (secondary N) is 2. The van der Waals surface area contributed by atoms with Crippen LogP contribution in [0, 0.1) is 11.8 Å². The van der Waals surface area contributed by atoms with Crippen LogP contribution in [-0.2, 0) is 4.74 Å². The average Bonchev–Trinajstić information content (AvgIpc) is 2.23. The molecule has 0 rings (SSSR count). The quantitative estimate of drug-likeness (QED) is 0.583. The lowest BCUT2D eigenvalue weighted by Gasteiger charge is -2.12. The second-order valence-corrected chi connectivity index (χ2v) is 4.69. The highest BCUT2D eigenvalue weighted by Crippen LogP contribution is 1.89. The van der Waals surface area contributed by atoms with E-state index in [1.54, 1.807) is 7.11 Å². The molecule has 3 N–H and O–H groups in total. The van der Waals surface area contributed by atoms with Crippen molar-refractivity contribution in [3.05, 3.63) is 0 Å². The minimum absolute atomic E-state index is 0.0954. The van der Waals surface area contributed by atoms with Gasteiger partial charge in [0.1, 0.15) is 6.23 Å². The van der Waals surface area contributed by atoms with E-state index in [0.717, 1.165) is 13.1 Å². The molecule has 16 heavy (non-hydrogen) atoms. The van der Waals surface area contributed by atoms with Crippen LogP contribution in [-0.4, -0.2) is 38.3 Å². The highest BCUT2D eigenvalue weighted by molar-refractivity contribution is 4.51. The third-order valence-electron chi connectivity index (χ3n) is 1.83. The molecule has 0 spiro atoms. The number of hydrogen-bond donors (Lipinski definition) is 3. The Morgan fingerprint density at radius 1 is 1.00 bits per heavy atom. The summed E-state index contributed by atoms with van der Waals surface area (Å²) in [5.41, 5.74) is 0. The first-order chi connectivity index (χ1) is 7.43. The van der Waals surface area contributed by atoms with Gasteiger partial charge in [0, 0.05) is 7.11 Å². The largest absolute Gasteiger partial charge is 0.381 e. The van der Waals surface area contributed by atoms with Crippen LogP contribution in [0.1, 0.15) is 34.6 Å². The first kappa shape index (κ1) is 18.2. The van der Waals surface area contributed by atoms with Gasteiger partial charge in [-0.15, -0.1) is 0 Å². The van der Waals surface area contributed by atoms with Crippen molar-refractivity contribution in [2.75, 3.05) is 26.9 Å². The Morgan fingerprint density at radius 2 is 1.50 bits per heavy atom. The molecule has 0 aromatic heterocycles. The Bertz CT molecular complexity index is 130. The highest BCUT2D eigenvalue weighted by Gasteiger charge is 1.97. The van der Waals surface area contributed by atoms with Gasteiger partial charge < -0.3 is 9.84 Å². The van der Waals surface area contributed by atoms with E-state index in [-0.39, 0.29) is 13.0 Å². The standard InChI is InChI=1S/C7H17NO.C5H13NO/c1-6(2)5-8-7(3)9-4;1-5(2)3-6-4-7/h6-8H,5H2,1-4H3;5-7H,3-4H2,1-2H3. The van der Waals surface area contributed by atoms with Crippen LogP contribution in [0.2, 0.25) is 0 Å². The Labute approximate surface area is 101 Å². The molecule has 100 valence electrons. The lowest BCUT2D eigenvalue weighted by Crippen LogP contribution is -2.30. The summed E-state index contributed by atoms with van der Waals surface area (Å²) in [4.78, 5) is 0. The molecule has 4 heteroatoms. The van der Waals surface area contributed by atoms with Gasteiger partial charge in [0.05, 0.1) is 6.73 Å². The summed E-state index contributed by atoms with van der Waals surface area (Å²) in [6.45, 7) is 12.6. The molecule has 0 aromatic rings. The van der Waals surface area contributed by atoms with Crippen LogP contribution >= 0.6 is 0 Å². The van der Waals surface area contributed by atoms with Gasteiger partial charge in [0.15, 0.2) is 0 Å². The molecule has 0 fully saturated rings. The van der Waals surface area contributed by atoms with E-state index in [9.17, 15) is 0 Å². The van der Waals surface area contributed by atoms with Crippen molar-refractivity contribution in [1.82, 2.24) is 10.6 Å². The molecule has 0 radical (unpaired) electrons. The number of methoxy groups -OCH3 is 1. The van der Waals surface area contributed by atoms with Crippen molar-refractivity contribution < 1.29 is 9.84 Å². The molecule has 0 aliphatic rings. The number of aliphatic hydroxyl groups is 1. The van der Waals surface area contributed by atoms with Crippen molar-refractivity contribution in [3.8, 4) is 0 Å². The third-order valence-corrected chi connectivity index (χ3v) is 1.83. The van der Waals surface area contributed by atoms with E-state index >= 15 is 0 Å². The molecule has 0 saturated carbocycles. The van der Waals surface area contributed by atoms with E-state index in [1.807, 2.05) is 6.92 Å². The fraction of sp³-hybridized carbons (Fsp3) is 1.00. The van der Waals surface area contributed by atoms with Crippen LogP contribution in [0.3, 0.4) is 0 Å². The predicted molar refractivity (Wildman–Crippen MR) is 69.2 cm³/mol. The second-order valence-electron chi connectivity index (χ2n) is 4.69.